The number of nitrogens with one attached hydrogen (secondary N) is 1. The van der Waals surface area contributed by atoms with Crippen LogP contribution in [0.5, 0.6) is 0 Å². The summed E-state index contributed by atoms with van der Waals surface area (Å²) in [5.41, 5.74) is 4.86. The summed E-state index contributed by atoms with van der Waals surface area (Å²) in [4.78, 5) is 28.8. The molecule has 0 saturated carbocycles. The molecule has 0 aliphatic heterocycles. The van der Waals surface area contributed by atoms with Gasteiger partial charge < -0.3 is 10.1 Å². The van der Waals surface area contributed by atoms with Crippen LogP contribution >= 0.6 is 0 Å². The lowest BCUT2D eigenvalue weighted by Gasteiger charge is -2.06. The maximum Gasteiger partial charge on any atom is 0.300 e. The molecular formula is C23H20N2O3. The fourth-order valence-electron chi connectivity index (χ4n) is 2.84. The van der Waals surface area contributed by atoms with Crippen LogP contribution in [-0.2, 0) is 4.79 Å². The van der Waals surface area contributed by atoms with Gasteiger partial charge in [-0.3, -0.25) is 9.59 Å². The number of H-pyrrole nitrogens is 1. The predicted molar refractivity (Wildman–Crippen MR) is 111 cm³/mol. The van der Waals surface area contributed by atoms with Crippen LogP contribution in [0.25, 0.3) is 33.4 Å². The third-order valence-corrected chi connectivity index (χ3v) is 4.13. The number of carboxylic acids is 1. The van der Waals surface area contributed by atoms with Crippen LogP contribution in [0.4, 0.5) is 0 Å². The van der Waals surface area contributed by atoms with Crippen molar-refractivity contribution < 1.29 is 9.90 Å². The topological polar surface area (TPSA) is 83.0 Å². The Morgan fingerprint density at radius 1 is 0.893 bits per heavy atom. The van der Waals surface area contributed by atoms with Gasteiger partial charge in [0.05, 0.1) is 10.9 Å². The van der Waals surface area contributed by atoms with E-state index >= 15 is 0 Å². The van der Waals surface area contributed by atoms with Crippen molar-refractivity contribution in [1.82, 2.24) is 9.97 Å². The molecule has 3 aromatic carbocycles. The van der Waals surface area contributed by atoms with Gasteiger partial charge >= 0.3 is 0 Å². The van der Waals surface area contributed by atoms with E-state index in [4.69, 9.17) is 9.90 Å². The average Bonchev–Trinajstić information content (AvgIpc) is 2.69. The van der Waals surface area contributed by atoms with E-state index < -0.39 is 5.97 Å². The van der Waals surface area contributed by atoms with Crippen molar-refractivity contribution in [2.75, 3.05) is 0 Å². The largest absolute Gasteiger partial charge is 0.481 e. The van der Waals surface area contributed by atoms with Crippen LogP contribution in [-0.4, -0.2) is 21.0 Å². The van der Waals surface area contributed by atoms with Gasteiger partial charge in [-0.15, -0.1) is 0 Å². The molecule has 2 N–H and O–H groups in total. The maximum atomic E-state index is 12.3. The first-order valence-electron chi connectivity index (χ1n) is 8.80. The fraction of sp³-hybridized carbons (Fsp3) is 0.0870. The Morgan fingerprint density at radius 2 is 1.46 bits per heavy atom. The highest BCUT2D eigenvalue weighted by molar-refractivity contribution is 5.80. The summed E-state index contributed by atoms with van der Waals surface area (Å²) in [6.07, 6.45) is 0. The lowest BCUT2D eigenvalue weighted by molar-refractivity contribution is -0.134. The van der Waals surface area contributed by atoms with Gasteiger partial charge in [-0.25, -0.2) is 4.98 Å². The highest BCUT2D eigenvalue weighted by Gasteiger charge is 2.06. The molecule has 28 heavy (non-hydrogen) atoms. The van der Waals surface area contributed by atoms with Crippen LogP contribution in [0.1, 0.15) is 12.5 Å². The van der Waals surface area contributed by atoms with E-state index in [2.05, 4.69) is 22.1 Å². The van der Waals surface area contributed by atoms with Crippen LogP contribution in [0.3, 0.4) is 0 Å². The summed E-state index contributed by atoms with van der Waals surface area (Å²) in [6.45, 7) is 3.05. The van der Waals surface area contributed by atoms with E-state index in [9.17, 15) is 4.79 Å². The third-order valence-electron chi connectivity index (χ3n) is 4.13. The molecule has 0 radical (unpaired) electrons. The zero-order valence-electron chi connectivity index (χ0n) is 15.6. The summed E-state index contributed by atoms with van der Waals surface area (Å²) in [5, 5.41) is 8.04. The van der Waals surface area contributed by atoms with Crippen LogP contribution in [0.2, 0.25) is 0 Å². The molecule has 0 bridgehead atoms. The summed E-state index contributed by atoms with van der Waals surface area (Å²) in [6, 6.07) is 24.0. The second-order valence-corrected chi connectivity index (χ2v) is 6.40. The standard InChI is InChI=1S/C21H16N2O.C2H4O2/c1-14-7-12-19-18(13-14)21(24)23-20(22-19)17-10-8-16(9-11-17)15-5-3-2-4-6-15;1-2(3)4/h2-13H,1H3,(H,22,23,24);1H3,(H,3,4). The summed E-state index contributed by atoms with van der Waals surface area (Å²) >= 11 is 0. The molecule has 5 nitrogen and oxygen atoms in total. The predicted octanol–water partition coefficient (Wildman–Crippen LogP) is 4.66. The van der Waals surface area contributed by atoms with Gasteiger partial charge in [0.1, 0.15) is 5.82 Å². The lowest BCUT2D eigenvalue weighted by atomic mass is 10.0. The maximum absolute atomic E-state index is 12.3. The number of aryl methyl sites for hydroxylation is 1. The Kier molecular flexibility index (Phi) is 5.65. The molecule has 4 rings (SSSR count). The van der Waals surface area contributed by atoms with Crippen molar-refractivity contribution in [3.63, 3.8) is 0 Å². The van der Waals surface area contributed by atoms with Gasteiger partial charge in [0, 0.05) is 12.5 Å². The fourth-order valence-corrected chi connectivity index (χ4v) is 2.84. The van der Waals surface area contributed by atoms with Gasteiger partial charge in [-0.1, -0.05) is 66.2 Å². The van der Waals surface area contributed by atoms with Gasteiger partial charge in [-0.2, -0.15) is 0 Å². The van der Waals surface area contributed by atoms with Gasteiger partial charge in [-0.05, 0) is 30.2 Å². The Labute approximate surface area is 162 Å². The van der Waals surface area contributed by atoms with Gasteiger partial charge in [0.2, 0.25) is 0 Å². The number of aliphatic carboxylic acids is 1. The van der Waals surface area contributed by atoms with Crippen LogP contribution in [0, 0.1) is 6.92 Å². The molecule has 0 fully saturated rings. The number of carboxylic acid groups (broad SMARTS) is 1. The monoisotopic (exact) mass is 372 g/mol. The number of nitrogens with zero attached hydrogens (tertiary/aromatic N) is 1. The zero-order chi connectivity index (χ0) is 20.1. The van der Waals surface area contributed by atoms with Crippen LogP contribution < -0.4 is 5.56 Å². The van der Waals surface area contributed by atoms with Crippen molar-refractivity contribution in [3.8, 4) is 22.5 Å². The van der Waals surface area contributed by atoms with Crippen molar-refractivity contribution in [2.45, 2.75) is 13.8 Å². The lowest BCUT2D eigenvalue weighted by Crippen LogP contribution is -2.09. The molecule has 0 amide bonds. The van der Waals surface area contributed by atoms with E-state index in [1.54, 1.807) is 0 Å². The van der Waals surface area contributed by atoms with Crippen molar-refractivity contribution in [1.29, 1.82) is 0 Å². The van der Waals surface area contributed by atoms with E-state index in [1.165, 1.54) is 5.56 Å². The second kappa shape index (κ2) is 8.31. The number of benzene rings is 3. The highest BCUT2D eigenvalue weighted by atomic mass is 16.4. The quantitative estimate of drug-likeness (QED) is 0.536. The first-order valence-corrected chi connectivity index (χ1v) is 8.80. The molecule has 1 heterocycles. The normalized spacial score (nSPS) is 10.2. The Balaban J connectivity index is 0.000000516. The molecule has 0 saturated heterocycles. The molecule has 4 aromatic rings. The molecule has 0 aliphatic carbocycles. The molecular weight excluding hydrogens is 352 g/mol. The minimum atomic E-state index is -0.833. The molecule has 0 spiro atoms. The number of carbonyl (C=O) groups is 1. The highest BCUT2D eigenvalue weighted by Crippen LogP contribution is 2.23. The first-order chi connectivity index (χ1) is 13.4. The smallest absolute Gasteiger partial charge is 0.300 e. The van der Waals surface area contributed by atoms with Crippen molar-refractivity contribution in [3.05, 3.63) is 88.7 Å². The molecule has 0 aliphatic rings. The molecule has 1 aromatic heterocycles. The summed E-state index contributed by atoms with van der Waals surface area (Å²) < 4.78 is 0. The number of hydrogen-bond acceptors (Lipinski definition) is 3. The Bertz CT molecular complexity index is 1160. The van der Waals surface area contributed by atoms with Gasteiger partial charge in [0.15, 0.2) is 0 Å². The first kappa shape index (κ1) is 19.0. The molecule has 140 valence electrons. The van der Waals surface area contributed by atoms with E-state index in [-0.39, 0.29) is 5.56 Å². The van der Waals surface area contributed by atoms with Crippen LogP contribution in [0.15, 0.2) is 77.6 Å². The third kappa shape index (κ3) is 4.51. The molecule has 0 atom stereocenters. The minimum absolute atomic E-state index is 0.106. The minimum Gasteiger partial charge on any atom is -0.481 e. The van der Waals surface area contributed by atoms with Crippen molar-refractivity contribution >= 4 is 16.9 Å². The van der Waals surface area contributed by atoms with E-state index in [0.29, 0.717) is 16.7 Å². The van der Waals surface area contributed by atoms with E-state index in [1.807, 2.05) is 67.6 Å². The molecule has 0 unspecified atom stereocenters. The SMILES string of the molecule is CC(=O)O.Cc1ccc2nc(-c3ccc(-c4ccccc4)cc3)[nH]c(=O)c2c1. The van der Waals surface area contributed by atoms with E-state index in [0.717, 1.165) is 23.6 Å². The van der Waals surface area contributed by atoms with Crippen molar-refractivity contribution in [2.24, 2.45) is 0 Å². The molecule has 5 heteroatoms. The average molecular weight is 372 g/mol. The number of hydrogen-bond donors (Lipinski definition) is 2. The second-order valence-electron chi connectivity index (χ2n) is 6.40. The Hall–Kier alpha value is -3.73. The zero-order valence-corrected chi connectivity index (χ0v) is 15.6. The number of rotatable bonds is 2. The van der Waals surface area contributed by atoms with Gasteiger partial charge in [0.25, 0.3) is 11.5 Å². The summed E-state index contributed by atoms with van der Waals surface area (Å²) in [7, 11) is 0. The number of aromatic amines is 1. The number of aromatic nitrogens is 2. The number of fused-ring (bicyclic) bond motifs is 1. The summed E-state index contributed by atoms with van der Waals surface area (Å²) in [5.74, 6) is -0.240. The Morgan fingerprint density at radius 3 is 2.11 bits per heavy atom.